The number of para-hydroxylation sites is 5. The van der Waals surface area contributed by atoms with Gasteiger partial charge >= 0.3 is 23.1 Å². The highest BCUT2D eigenvalue weighted by Crippen LogP contribution is 2.50. The molecule has 5 heterocycles. The molecule has 0 radical (unpaired) electrons. The molecule has 0 atom stereocenters. The summed E-state index contributed by atoms with van der Waals surface area (Å²) in [5.41, 5.74) is 42.4. The average molecular weight is 701 g/mol. The number of hydrogen-bond acceptors (Lipinski definition) is 6. The number of fused-ring (bicyclic) bond motifs is 8. The topological polar surface area (TPSA) is 151 Å². The minimum atomic E-state index is 0. The van der Waals surface area contributed by atoms with Crippen LogP contribution >= 0.6 is 0 Å². The number of nitrogen functional groups attached to an aromatic ring is 4. The molecule has 4 aromatic carbocycles. The van der Waals surface area contributed by atoms with Gasteiger partial charge in [-0.15, -0.1) is 0 Å². The molecule has 2 aliphatic heterocycles. The lowest BCUT2D eigenvalue weighted by atomic mass is 9.91. The Kier molecular flexibility index (Phi) is 8.58. The Hall–Kier alpha value is -6.55. The first-order valence-electron chi connectivity index (χ1n) is 17.0. The highest BCUT2D eigenvalue weighted by Gasteiger charge is 2.28. The van der Waals surface area contributed by atoms with Crippen molar-refractivity contribution >= 4 is 92.2 Å². The number of anilines is 4. The molecule has 8 bridgehead atoms. The van der Waals surface area contributed by atoms with Crippen molar-refractivity contribution in [2.45, 2.75) is 0 Å². The van der Waals surface area contributed by atoms with Crippen molar-refractivity contribution in [2.75, 3.05) is 22.9 Å². The molecule has 0 fully saturated rings. The summed E-state index contributed by atoms with van der Waals surface area (Å²) < 4.78 is 2.19. The lowest BCUT2D eigenvalue weighted by molar-refractivity contribution is 1.17. The summed E-state index contributed by atoms with van der Waals surface area (Å²) in [5.74, 6) is 0. The van der Waals surface area contributed by atoms with Gasteiger partial charge in [0.15, 0.2) is 0 Å². The monoisotopic (exact) mass is 700 g/mol. The van der Waals surface area contributed by atoms with Crippen molar-refractivity contribution in [3.05, 3.63) is 150 Å². The van der Waals surface area contributed by atoms with Gasteiger partial charge in [-0.25, -0.2) is 9.97 Å². The molecule has 0 spiro atoms. The molecule has 0 aliphatic carbocycles. The largest absolute Gasteiger partial charge is 0.398 e. The Morgan fingerprint density at radius 3 is 1.51 bits per heavy atom. The van der Waals surface area contributed by atoms with Crippen LogP contribution in [0.5, 0.6) is 0 Å². The van der Waals surface area contributed by atoms with E-state index >= 15 is 0 Å². The molecule has 2 aliphatic rings. The van der Waals surface area contributed by atoms with Crippen molar-refractivity contribution in [2.24, 2.45) is 0 Å². The Labute approximate surface area is 322 Å². The maximum Gasteiger partial charge on any atom is 0.316 e. The zero-order valence-corrected chi connectivity index (χ0v) is 28.1. The fourth-order valence-electron chi connectivity index (χ4n) is 7.21. The molecular formula is C44H36MgN8. The molecule has 3 aromatic heterocycles. The fraction of sp³-hybridized carbons (Fsp3) is 0. The number of H-pyrrole nitrogens is 1. The van der Waals surface area contributed by atoms with Crippen LogP contribution < -0.4 is 22.9 Å². The van der Waals surface area contributed by atoms with Crippen LogP contribution in [-0.2, 0) is 0 Å². The third-order valence-electron chi connectivity index (χ3n) is 9.54. The zero-order valence-electron chi connectivity index (χ0n) is 28.1. The summed E-state index contributed by atoms with van der Waals surface area (Å²) in [4.78, 5) is 13.8. The summed E-state index contributed by atoms with van der Waals surface area (Å²) in [5, 5.41) is 0. The number of aromatic nitrogens is 4. The van der Waals surface area contributed by atoms with Crippen LogP contribution in [0.15, 0.2) is 127 Å². The number of benzene rings is 4. The molecule has 53 heavy (non-hydrogen) atoms. The molecule has 8 nitrogen and oxygen atoms in total. The van der Waals surface area contributed by atoms with E-state index in [0.29, 0.717) is 22.7 Å². The Morgan fingerprint density at radius 2 is 0.925 bits per heavy atom. The maximum absolute atomic E-state index is 6.94. The molecule has 7 aromatic rings. The van der Waals surface area contributed by atoms with E-state index in [2.05, 4.69) is 15.6 Å². The second-order valence-electron chi connectivity index (χ2n) is 12.9. The fourth-order valence-corrected chi connectivity index (χ4v) is 7.21. The Morgan fingerprint density at radius 1 is 0.453 bits per heavy atom. The smallest absolute Gasteiger partial charge is 0.316 e. The Bertz CT molecular complexity index is 2810. The minimum Gasteiger partial charge on any atom is -0.398 e. The minimum absolute atomic E-state index is 0. The first-order valence-corrected chi connectivity index (χ1v) is 17.0. The lowest BCUT2D eigenvalue weighted by Crippen LogP contribution is -2.02. The van der Waals surface area contributed by atoms with Gasteiger partial charge in [-0.05, 0) is 85.0 Å². The van der Waals surface area contributed by atoms with E-state index in [-0.39, 0.29) is 23.1 Å². The van der Waals surface area contributed by atoms with Gasteiger partial charge < -0.3 is 32.5 Å². The zero-order chi connectivity index (χ0) is 35.3. The van der Waals surface area contributed by atoms with Crippen LogP contribution in [0.3, 0.4) is 0 Å². The van der Waals surface area contributed by atoms with Gasteiger partial charge in [0.2, 0.25) is 0 Å². The van der Waals surface area contributed by atoms with Gasteiger partial charge in [0, 0.05) is 61.5 Å². The molecular weight excluding hydrogens is 665 g/mol. The first-order chi connectivity index (χ1) is 25.4. The normalized spacial score (nSPS) is 11.8. The third kappa shape index (κ3) is 5.91. The molecule has 9 N–H and O–H groups in total. The summed E-state index contributed by atoms with van der Waals surface area (Å²) >= 11 is 0. The molecule has 9 rings (SSSR count). The summed E-state index contributed by atoms with van der Waals surface area (Å²) in [6.07, 6.45) is 8.09. The first kappa shape index (κ1) is 33.6. The summed E-state index contributed by atoms with van der Waals surface area (Å²) in [6.45, 7) is 0. The van der Waals surface area contributed by atoms with Gasteiger partial charge in [0.25, 0.3) is 0 Å². The van der Waals surface area contributed by atoms with Gasteiger partial charge in [0.05, 0.1) is 45.2 Å². The quantitative estimate of drug-likeness (QED) is 0.0917. The number of hydrogen-bond donors (Lipinski definition) is 5. The van der Waals surface area contributed by atoms with Crippen molar-refractivity contribution in [3.63, 3.8) is 0 Å². The van der Waals surface area contributed by atoms with Gasteiger partial charge in [-0.3, -0.25) is 0 Å². The molecule has 0 amide bonds. The van der Waals surface area contributed by atoms with E-state index in [0.717, 1.165) is 83.9 Å². The highest BCUT2D eigenvalue weighted by molar-refractivity contribution is 6.14. The van der Waals surface area contributed by atoms with Crippen molar-refractivity contribution in [1.29, 1.82) is 0 Å². The van der Waals surface area contributed by atoms with Crippen LogP contribution in [0, 0.1) is 0 Å². The predicted octanol–water partition coefficient (Wildman–Crippen LogP) is 8.53. The molecule has 0 saturated heterocycles. The maximum atomic E-state index is 6.94. The van der Waals surface area contributed by atoms with E-state index in [1.165, 1.54) is 0 Å². The van der Waals surface area contributed by atoms with Gasteiger partial charge in [-0.1, -0.05) is 66.7 Å². The average Bonchev–Trinajstić information content (AvgIpc) is 3.95. The number of aromatic amines is 1. The summed E-state index contributed by atoms with van der Waals surface area (Å²) in [6, 6.07) is 41.7. The van der Waals surface area contributed by atoms with Gasteiger partial charge in [-0.2, -0.15) is 0 Å². The molecule has 0 unspecified atom stereocenters. The molecule has 0 saturated carbocycles. The van der Waals surface area contributed by atoms with Crippen LogP contribution in [0.1, 0.15) is 22.8 Å². The van der Waals surface area contributed by atoms with E-state index in [1.807, 2.05) is 146 Å². The van der Waals surface area contributed by atoms with Crippen molar-refractivity contribution in [1.82, 2.24) is 19.5 Å². The van der Waals surface area contributed by atoms with Crippen molar-refractivity contribution in [3.8, 4) is 39.1 Å². The van der Waals surface area contributed by atoms with Crippen LogP contribution in [-0.4, -0.2) is 42.6 Å². The number of nitrogens with zero attached hydrogens (tertiary/aromatic N) is 3. The van der Waals surface area contributed by atoms with Crippen molar-refractivity contribution < 1.29 is 0 Å². The second kappa shape index (κ2) is 13.5. The highest BCUT2D eigenvalue weighted by atomic mass is 24.3. The standard InChI is InChI=1S/C44H34N8.Mg.2H/c45-34-12-4-1-9-31(34)41-38-22-21-29(51-38)24-28-18-17-26(49-28)23-27-19-20-30(50-27)25-40-42(32-10-2-5-13-35(32)46)43(33-11-3-6-14-36(33)47)44(41)52(40)39-16-8-7-15-37(39)48;;;/h1-25,49H,45-48H2;;;. The van der Waals surface area contributed by atoms with E-state index in [9.17, 15) is 0 Å². The van der Waals surface area contributed by atoms with Crippen LogP contribution in [0.2, 0.25) is 0 Å². The number of nitrogens with one attached hydrogen (secondary N) is 1. The Balaban J connectivity index is 0.00000400. The predicted molar refractivity (Wildman–Crippen MR) is 226 cm³/mol. The van der Waals surface area contributed by atoms with E-state index in [4.69, 9.17) is 32.9 Å². The summed E-state index contributed by atoms with van der Waals surface area (Å²) in [7, 11) is 0. The van der Waals surface area contributed by atoms with Gasteiger partial charge in [0.1, 0.15) is 0 Å². The van der Waals surface area contributed by atoms with Crippen LogP contribution in [0.25, 0.3) is 85.4 Å². The number of nitrogens with two attached hydrogens (primary N) is 4. The number of rotatable bonds is 4. The van der Waals surface area contributed by atoms with E-state index < -0.39 is 0 Å². The van der Waals surface area contributed by atoms with E-state index in [1.54, 1.807) is 0 Å². The third-order valence-corrected chi connectivity index (χ3v) is 9.54. The molecule has 9 heteroatoms. The SMILES string of the molecule is Nc1ccccc1-c1c(-c2ccccc2N)c2c(-c3ccccc3N)c3nc(cc4ccc(cc5nc(cc1n2-c1ccccc1N)C=C5)[nH]4)C=C3.[MgH2]. The second-order valence-corrected chi connectivity index (χ2v) is 12.9. The molecule has 254 valence electrons. The van der Waals surface area contributed by atoms with Crippen LogP contribution in [0.4, 0.5) is 22.7 Å². The lowest BCUT2D eigenvalue weighted by Gasteiger charge is -2.16.